The molecule has 0 radical (unpaired) electrons. The van der Waals surface area contributed by atoms with Crippen molar-refractivity contribution in [3.05, 3.63) is 0 Å². The molecule has 0 aromatic heterocycles. The zero-order valence-corrected chi connectivity index (χ0v) is 9.57. The Morgan fingerprint density at radius 3 is 1.15 bits per heavy atom. The molecule has 13 heavy (non-hydrogen) atoms. The maximum Gasteiger partial charge on any atom is 0.0587 e. The first-order valence-corrected chi connectivity index (χ1v) is 4.07. The number of hydrogen-bond donors (Lipinski definition) is 3. The molecule has 0 rings (SSSR count). The van der Waals surface area contributed by atoms with Gasteiger partial charge in [-0.15, -0.1) is 0 Å². The molecule has 4 heteroatoms. The van der Waals surface area contributed by atoms with Crippen molar-refractivity contribution in [3.8, 4) is 6.07 Å². The summed E-state index contributed by atoms with van der Waals surface area (Å²) in [5.41, 5.74) is 5.11. The molecule has 0 saturated heterocycles. The molecule has 0 fully saturated rings. The van der Waals surface area contributed by atoms with Crippen molar-refractivity contribution in [1.82, 2.24) is 0 Å². The first kappa shape index (κ1) is 22.8. The molecular formula is C9H24N2O2. The highest BCUT2D eigenvalue weighted by Crippen LogP contribution is 1.65. The summed E-state index contributed by atoms with van der Waals surface area (Å²) in [6.45, 7) is 8.76. The van der Waals surface area contributed by atoms with Crippen LogP contribution >= 0.6 is 0 Å². The number of nitriles is 1. The molecule has 4 N–H and O–H groups in total. The van der Waals surface area contributed by atoms with Crippen molar-refractivity contribution in [2.75, 3.05) is 7.11 Å². The van der Waals surface area contributed by atoms with Gasteiger partial charge in [-0.1, -0.05) is 13.8 Å². The highest BCUT2D eigenvalue weighted by molar-refractivity contribution is 4.51. The molecule has 0 heterocycles. The maximum atomic E-state index is 8.06. The van der Waals surface area contributed by atoms with E-state index in [1.807, 2.05) is 13.8 Å². The van der Waals surface area contributed by atoms with Gasteiger partial charge in [0.25, 0.3) is 0 Å². The molecule has 0 unspecified atom stereocenters. The van der Waals surface area contributed by atoms with Gasteiger partial charge >= 0.3 is 0 Å². The lowest BCUT2D eigenvalue weighted by Crippen LogP contribution is -2.06. The van der Waals surface area contributed by atoms with E-state index in [2.05, 4.69) is 0 Å². The highest BCUT2D eigenvalue weighted by atomic mass is 16.3. The zero-order valence-electron chi connectivity index (χ0n) is 9.57. The van der Waals surface area contributed by atoms with E-state index in [0.717, 1.165) is 7.11 Å². The van der Waals surface area contributed by atoms with Crippen LogP contribution in [0.3, 0.4) is 0 Å². The van der Waals surface area contributed by atoms with Gasteiger partial charge in [-0.25, -0.2) is 0 Å². The third-order valence-corrected chi connectivity index (χ3v) is 0. The number of aliphatic hydroxyl groups excluding tert-OH is 2. The molecule has 0 aliphatic rings. The smallest absolute Gasteiger partial charge is 0.0587 e. The van der Waals surface area contributed by atoms with Crippen molar-refractivity contribution in [2.24, 2.45) is 5.73 Å². The van der Waals surface area contributed by atoms with Crippen LogP contribution in [0.25, 0.3) is 0 Å². The van der Waals surface area contributed by atoms with Crippen LogP contribution in [-0.2, 0) is 0 Å². The van der Waals surface area contributed by atoms with Gasteiger partial charge in [-0.3, -0.25) is 0 Å². The summed E-state index contributed by atoms with van der Waals surface area (Å²) in [5.74, 6) is 0. The van der Waals surface area contributed by atoms with Crippen molar-refractivity contribution in [2.45, 2.75) is 46.8 Å². The molecule has 0 spiro atoms. The van der Waals surface area contributed by atoms with Gasteiger partial charge < -0.3 is 15.9 Å². The van der Waals surface area contributed by atoms with Gasteiger partial charge in [0, 0.05) is 20.1 Å². The second-order valence-corrected chi connectivity index (χ2v) is 2.56. The molecule has 82 valence electrons. The van der Waals surface area contributed by atoms with Crippen LogP contribution in [0.4, 0.5) is 0 Å². The van der Waals surface area contributed by atoms with E-state index in [1.165, 1.54) is 6.92 Å². The Kier molecular flexibility index (Phi) is 52.9. The van der Waals surface area contributed by atoms with Crippen LogP contribution in [0.5, 0.6) is 0 Å². The number of hydrogen-bond acceptors (Lipinski definition) is 4. The third-order valence-electron chi connectivity index (χ3n) is 0. The van der Waals surface area contributed by atoms with Gasteiger partial charge in [0.2, 0.25) is 0 Å². The first-order valence-electron chi connectivity index (χ1n) is 4.07. The Bertz CT molecular complexity index is 76.6. The molecule has 0 aliphatic heterocycles. The molecule has 0 aliphatic carbocycles. The normalized spacial score (nSPS) is 6.62. The first-order chi connectivity index (χ1) is 5.88. The molecular weight excluding hydrogens is 168 g/mol. The molecule has 0 amide bonds. The number of rotatable bonds is 0. The van der Waals surface area contributed by atoms with Crippen molar-refractivity contribution in [3.63, 3.8) is 0 Å². The predicted molar refractivity (Wildman–Crippen MR) is 56.1 cm³/mol. The number of nitrogens with two attached hydrogens (primary N) is 1. The Labute approximate surface area is 82.0 Å². The highest BCUT2D eigenvalue weighted by Gasteiger charge is 1.69. The van der Waals surface area contributed by atoms with E-state index in [9.17, 15) is 0 Å². The second-order valence-electron chi connectivity index (χ2n) is 2.56. The number of aliphatic hydroxyl groups is 2. The maximum absolute atomic E-state index is 8.06. The van der Waals surface area contributed by atoms with E-state index >= 15 is 0 Å². The summed E-state index contributed by atoms with van der Waals surface area (Å²) in [6, 6.07) is 2.08. The Morgan fingerprint density at radius 1 is 1.15 bits per heavy atom. The quantitative estimate of drug-likeness (QED) is 0.531. The van der Waals surface area contributed by atoms with Crippen LogP contribution in [0.1, 0.15) is 34.6 Å². The van der Waals surface area contributed by atoms with Crippen molar-refractivity contribution < 1.29 is 10.2 Å². The fourth-order valence-corrected chi connectivity index (χ4v) is 0. The van der Waals surface area contributed by atoms with Gasteiger partial charge in [0.15, 0.2) is 0 Å². The van der Waals surface area contributed by atoms with E-state index < -0.39 is 0 Å². The lowest BCUT2D eigenvalue weighted by atomic mass is 10.5. The minimum atomic E-state index is -0.167. The van der Waals surface area contributed by atoms with E-state index in [-0.39, 0.29) is 6.10 Å². The van der Waals surface area contributed by atoms with Crippen LogP contribution in [0.2, 0.25) is 0 Å². The average molecular weight is 192 g/mol. The van der Waals surface area contributed by atoms with Crippen LogP contribution in [-0.4, -0.2) is 29.5 Å². The Morgan fingerprint density at radius 2 is 1.15 bits per heavy atom. The molecule has 0 bridgehead atoms. The standard InChI is InChI=1S/C3H9N.C3H8O.C2H3N.CH4O/c2*1-3(2)4;1-2-3;1-2/h3H,4H2,1-2H3;3-4H,1-2H3;1H3;2H,1H3. The van der Waals surface area contributed by atoms with Gasteiger partial charge in [0.1, 0.15) is 0 Å². The topological polar surface area (TPSA) is 90.3 Å². The van der Waals surface area contributed by atoms with Crippen molar-refractivity contribution >= 4 is 0 Å². The van der Waals surface area contributed by atoms with Crippen LogP contribution in [0.15, 0.2) is 0 Å². The van der Waals surface area contributed by atoms with Crippen LogP contribution in [0, 0.1) is 11.3 Å². The largest absolute Gasteiger partial charge is 0.400 e. The summed E-state index contributed by atoms with van der Waals surface area (Å²) in [5, 5.41) is 22.4. The van der Waals surface area contributed by atoms with E-state index in [0.29, 0.717) is 6.04 Å². The summed E-state index contributed by atoms with van der Waals surface area (Å²) >= 11 is 0. The minimum absolute atomic E-state index is 0.167. The fraction of sp³-hybridized carbons (Fsp3) is 0.889. The SMILES string of the molecule is CC#N.CC(C)N.CC(C)O.CO. The van der Waals surface area contributed by atoms with E-state index in [1.54, 1.807) is 19.9 Å². The van der Waals surface area contributed by atoms with Crippen LogP contribution < -0.4 is 5.73 Å². The summed E-state index contributed by atoms with van der Waals surface area (Å²) in [6.07, 6.45) is -0.167. The lowest BCUT2D eigenvalue weighted by molar-refractivity contribution is 0.216. The van der Waals surface area contributed by atoms with Gasteiger partial charge in [-0.05, 0) is 19.9 Å². The average Bonchev–Trinajstić information content (AvgIpc) is 1.89. The van der Waals surface area contributed by atoms with Crippen molar-refractivity contribution in [1.29, 1.82) is 5.26 Å². The number of nitrogens with zero attached hydrogens (tertiary/aromatic N) is 1. The molecule has 0 aromatic rings. The summed E-state index contributed by atoms with van der Waals surface area (Å²) < 4.78 is 0. The minimum Gasteiger partial charge on any atom is -0.400 e. The monoisotopic (exact) mass is 192 g/mol. The summed E-state index contributed by atoms with van der Waals surface area (Å²) in [4.78, 5) is 0. The van der Waals surface area contributed by atoms with Gasteiger partial charge in [-0.2, -0.15) is 5.26 Å². The lowest BCUT2D eigenvalue weighted by Gasteiger charge is -1.81. The molecule has 0 aromatic carbocycles. The third kappa shape index (κ3) is 2520. The molecule has 0 atom stereocenters. The second kappa shape index (κ2) is 30.1. The zero-order chi connectivity index (χ0) is 11.9. The Balaban J connectivity index is -0.0000000431. The molecule has 0 saturated carbocycles. The Hall–Kier alpha value is -0.630. The summed E-state index contributed by atoms with van der Waals surface area (Å²) in [7, 11) is 1.00. The van der Waals surface area contributed by atoms with Gasteiger partial charge in [0.05, 0.1) is 6.07 Å². The molecule has 4 nitrogen and oxygen atoms in total. The fourth-order valence-electron chi connectivity index (χ4n) is 0. The predicted octanol–water partition coefficient (Wildman–Crippen LogP) is 0.879. The van der Waals surface area contributed by atoms with E-state index in [4.69, 9.17) is 21.2 Å².